The van der Waals surface area contributed by atoms with Crippen LogP contribution in [-0.2, 0) is 11.3 Å². The number of primary amides is 1. The Morgan fingerprint density at radius 1 is 1.28 bits per heavy atom. The number of aliphatic imine (C=N–C) groups is 1. The van der Waals surface area contributed by atoms with Gasteiger partial charge in [0.25, 0.3) is 5.91 Å². The van der Waals surface area contributed by atoms with Crippen molar-refractivity contribution in [3.8, 4) is 5.75 Å². The maximum atomic E-state index is 10.9. The third kappa shape index (κ3) is 6.92. The highest BCUT2D eigenvalue weighted by atomic mass is 16.5. The van der Waals surface area contributed by atoms with E-state index in [0.29, 0.717) is 12.3 Å². The molecule has 3 N–H and O–H groups in total. The van der Waals surface area contributed by atoms with E-state index in [2.05, 4.69) is 22.0 Å². The number of hydrogen-bond donors (Lipinski definition) is 2. The van der Waals surface area contributed by atoms with Crippen LogP contribution in [-0.4, -0.2) is 67.5 Å². The van der Waals surface area contributed by atoms with Crippen molar-refractivity contribution in [2.75, 3.05) is 45.9 Å². The number of piperidine rings is 1. The van der Waals surface area contributed by atoms with E-state index in [1.54, 1.807) is 0 Å². The van der Waals surface area contributed by atoms with Crippen LogP contribution >= 0.6 is 0 Å². The van der Waals surface area contributed by atoms with Gasteiger partial charge in [0.05, 0.1) is 6.54 Å². The molecule has 2 heterocycles. The fraction of sp³-hybridized carbons (Fsp3) is 0.636. The number of rotatable bonds is 8. The molecule has 1 aromatic carbocycles. The molecule has 7 nitrogen and oxygen atoms in total. The molecule has 0 aliphatic carbocycles. The van der Waals surface area contributed by atoms with E-state index in [1.165, 1.54) is 45.3 Å². The molecule has 160 valence electrons. The first kappa shape index (κ1) is 21.4. The molecule has 0 aromatic heterocycles. The minimum Gasteiger partial charge on any atom is -0.484 e. The van der Waals surface area contributed by atoms with E-state index in [4.69, 9.17) is 15.5 Å². The second-order valence-corrected chi connectivity index (χ2v) is 8.03. The SMILES string of the molecule is CCNC(=NCc1cccc(OCC(N)=O)c1)N1CCC(CN2CCCCC2)C1. The summed E-state index contributed by atoms with van der Waals surface area (Å²) in [5.74, 6) is 1.87. The van der Waals surface area contributed by atoms with Gasteiger partial charge in [-0.25, -0.2) is 4.99 Å². The third-order valence-corrected chi connectivity index (χ3v) is 5.58. The summed E-state index contributed by atoms with van der Waals surface area (Å²) < 4.78 is 5.39. The van der Waals surface area contributed by atoms with E-state index in [9.17, 15) is 4.79 Å². The second-order valence-electron chi connectivity index (χ2n) is 8.03. The largest absolute Gasteiger partial charge is 0.484 e. The van der Waals surface area contributed by atoms with Gasteiger partial charge in [-0.3, -0.25) is 4.79 Å². The topological polar surface area (TPSA) is 83.2 Å². The normalized spacial score (nSPS) is 20.7. The lowest BCUT2D eigenvalue weighted by atomic mass is 10.1. The summed E-state index contributed by atoms with van der Waals surface area (Å²) in [4.78, 5) is 20.8. The Morgan fingerprint density at radius 2 is 2.10 bits per heavy atom. The van der Waals surface area contributed by atoms with Gasteiger partial charge < -0.3 is 25.6 Å². The summed E-state index contributed by atoms with van der Waals surface area (Å²) in [5.41, 5.74) is 6.20. The second kappa shape index (κ2) is 11.0. The minimum absolute atomic E-state index is 0.110. The highest BCUT2D eigenvalue weighted by Gasteiger charge is 2.26. The number of nitrogens with one attached hydrogen (secondary N) is 1. The quantitative estimate of drug-likeness (QED) is 0.513. The molecular formula is C22H35N5O2. The van der Waals surface area contributed by atoms with Crippen molar-refractivity contribution in [1.82, 2.24) is 15.1 Å². The van der Waals surface area contributed by atoms with E-state index >= 15 is 0 Å². The molecule has 0 bridgehead atoms. The number of hydrogen-bond acceptors (Lipinski definition) is 4. The maximum absolute atomic E-state index is 10.9. The van der Waals surface area contributed by atoms with Gasteiger partial charge in [0.1, 0.15) is 5.75 Å². The molecule has 2 saturated heterocycles. The molecule has 2 aliphatic rings. The van der Waals surface area contributed by atoms with Crippen LogP contribution in [0.2, 0.25) is 0 Å². The van der Waals surface area contributed by atoms with Gasteiger partial charge in [-0.05, 0) is 62.9 Å². The van der Waals surface area contributed by atoms with Crippen molar-refractivity contribution in [2.24, 2.45) is 16.6 Å². The van der Waals surface area contributed by atoms with Crippen LogP contribution in [0.5, 0.6) is 5.75 Å². The lowest BCUT2D eigenvalue weighted by Gasteiger charge is -2.29. The fourth-order valence-corrected chi connectivity index (χ4v) is 4.16. The van der Waals surface area contributed by atoms with Crippen LogP contribution in [0.3, 0.4) is 0 Å². The number of likely N-dealkylation sites (tertiary alicyclic amines) is 2. The summed E-state index contributed by atoms with van der Waals surface area (Å²) in [5, 5.41) is 3.44. The van der Waals surface area contributed by atoms with Crippen LogP contribution in [0.15, 0.2) is 29.3 Å². The summed E-state index contributed by atoms with van der Waals surface area (Å²) >= 11 is 0. The smallest absolute Gasteiger partial charge is 0.255 e. The number of nitrogens with two attached hydrogens (primary N) is 1. The molecule has 1 atom stereocenters. The van der Waals surface area contributed by atoms with Gasteiger partial charge in [-0.15, -0.1) is 0 Å². The van der Waals surface area contributed by atoms with E-state index < -0.39 is 5.91 Å². The van der Waals surface area contributed by atoms with Gasteiger partial charge in [-0.1, -0.05) is 18.6 Å². The average Bonchev–Trinajstić information content (AvgIpc) is 3.19. The van der Waals surface area contributed by atoms with E-state index in [-0.39, 0.29) is 6.61 Å². The van der Waals surface area contributed by atoms with Crippen molar-refractivity contribution in [1.29, 1.82) is 0 Å². The van der Waals surface area contributed by atoms with Gasteiger partial charge >= 0.3 is 0 Å². The molecule has 0 radical (unpaired) electrons. The average molecular weight is 402 g/mol. The Kier molecular flexibility index (Phi) is 8.16. The molecular weight excluding hydrogens is 366 g/mol. The van der Waals surface area contributed by atoms with E-state index in [1.807, 2.05) is 24.3 Å². The standard InChI is InChI=1S/C22H35N5O2/c1-2-24-22(25-14-18-7-6-8-20(13-18)29-17-21(23)28)27-12-9-19(16-27)15-26-10-4-3-5-11-26/h6-8,13,19H,2-5,9-12,14-17H2,1H3,(H2,23,28)(H,24,25). The third-order valence-electron chi connectivity index (χ3n) is 5.58. The highest BCUT2D eigenvalue weighted by Crippen LogP contribution is 2.20. The summed E-state index contributed by atoms with van der Waals surface area (Å²) in [6, 6.07) is 7.68. The highest BCUT2D eigenvalue weighted by molar-refractivity contribution is 5.80. The van der Waals surface area contributed by atoms with Crippen molar-refractivity contribution < 1.29 is 9.53 Å². The number of carbonyl (C=O) groups excluding carboxylic acids is 1. The first-order valence-electron chi connectivity index (χ1n) is 10.9. The molecule has 0 spiro atoms. The lowest BCUT2D eigenvalue weighted by molar-refractivity contribution is -0.119. The maximum Gasteiger partial charge on any atom is 0.255 e. The molecule has 29 heavy (non-hydrogen) atoms. The number of ether oxygens (including phenoxy) is 1. The Labute approximate surface area is 174 Å². The predicted molar refractivity (Wildman–Crippen MR) is 116 cm³/mol. The molecule has 1 amide bonds. The number of amides is 1. The van der Waals surface area contributed by atoms with Crippen LogP contribution in [0.4, 0.5) is 0 Å². The van der Waals surface area contributed by atoms with Crippen molar-refractivity contribution in [2.45, 2.75) is 39.2 Å². The van der Waals surface area contributed by atoms with Crippen molar-refractivity contribution >= 4 is 11.9 Å². The summed E-state index contributed by atoms with van der Waals surface area (Å²) in [6.45, 7) is 9.30. The fourth-order valence-electron chi connectivity index (χ4n) is 4.16. The molecule has 2 aliphatic heterocycles. The number of carbonyl (C=O) groups is 1. The summed E-state index contributed by atoms with van der Waals surface area (Å²) in [6.07, 6.45) is 5.32. The number of benzene rings is 1. The van der Waals surface area contributed by atoms with Crippen LogP contribution in [0, 0.1) is 5.92 Å². The zero-order valence-corrected chi connectivity index (χ0v) is 17.6. The Bertz CT molecular complexity index is 688. The van der Waals surface area contributed by atoms with Crippen LogP contribution in [0.25, 0.3) is 0 Å². The first-order chi connectivity index (χ1) is 14.1. The van der Waals surface area contributed by atoms with Gasteiger partial charge in [0.15, 0.2) is 12.6 Å². The molecule has 2 fully saturated rings. The van der Waals surface area contributed by atoms with E-state index in [0.717, 1.165) is 37.1 Å². The molecule has 1 aromatic rings. The van der Waals surface area contributed by atoms with Crippen molar-refractivity contribution in [3.63, 3.8) is 0 Å². The molecule has 7 heteroatoms. The zero-order valence-electron chi connectivity index (χ0n) is 17.6. The van der Waals surface area contributed by atoms with Crippen molar-refractivity contribution in [3.05, 3.63) is 29.8 Å². The Morgan fingerprint density at radius 3 is 2.86 bits per heavy atom. The Hall–Kier alpha value is -2.28. The number of nitrogens with zero attached hydrogens (tertiary/aromatic N) is 3. The predicted octanol–water partition coefficient (Wildman–Crippen LogP) is 1.82. The zero-order chi connectivity index (χ0) is 20.5. The molecule has 0 saturated carbocycles. The first-order valence-corrected chi connectivity index (χ1v) is 10.9. The van der Waals surface area contributed by atoms with Gasteiger partial charge in [0, 0.05) is 26.2 Å². The monoisotopic (exact) mass is 401 g/mol. The lowest BCUT2D eigenvalue weighted by Crippen LogP contribution is -2.41. The minimum atomic E-state index is -0.476. The molecule has 3 rings (SSSR count). The Balaban J connectivity index is 1.55. The number of guanidine groups is 1. The van der Waals surface area contributed by atoms with Crippen LogP contribution < -0.4 is 15.8 Å². The van der Waals surface area contributed by atoms with Gasteiger partial charge in [0.2, 0.25) is 0 Å². The molecule has 1 unspecified atom stereocenters. The van der Waals surface area contributed by atoms with Crippen LogP contribution in [0.1, 0.15) is 38.2 Å². The summed E-state index contributed by atoms with van der Waals surface area (Å²) in [7, 11) is 0. The van der Waals surface area contributed by atoms with Gasteiger partial charge in [-0.2, -0.15) is 0 Å².